The van der Waals surface area contributed by atoms with Crippen LogP contribution >= 0.6 is 11.3 Å². The van der Waals surface area contributed by atoms with Gasteiger partial charge in [-0.05, 0) is 37.8 Å². The molecule has 2 heterocycles. The normalized spacial score (nSPS) is 15.8. The van der Waals surface area contributed by atoms with E-state index in [1.165, 1.54) is 6.07 Å². The maximum absolute atomic E-state index is 13.9. The van der Waals surface area contributed by atoms with E-state index in [9.17, 15) is 8.78 Å². The highest BCUT2D eigenvalue weighted by atomic mass is 32.1. The second kappa shape index (κ2) is 5.53. The molecule has 0 amide bonds. The Morgan fingerprint density at radius 3 is 2.78 bits per heavy atom. The third kappa shape index (κ3) is 2.79. The van der Waals surface area contributed by atoms with Gasteiger partial charge >= 0.3 is 0 Å². The maximum atomic E-state index is 13.9. The summed E-state index contributed by atoms with van der Waals surface area (Å²) in [5.74, 6) is -0.724. The van der Waals surface area contributed by atoms with Crippen molar-refractivity contribution < 1.29 is 8.78 Å². The van der Waals surface area contributed by atoms with E-state index in [0.717, 1.165) is 28.8 Å². The number of aromatic nitrogens is 2. The molecule has 0 bridgehead atoms. The van der Waals surface area contributed by atoms with Crippen molar-refractivity contribution in [2.75, 3.05) is 5.32 Å². The largest absolute Gasteiger partial charge is 0.375 e. The molecule has 1 saturated carbocycles. The lowest BCUT2D eigenvalue weighted by Gasteiger charge is -2.18. The molecule has 0 spiro atoms. The molecule has 1 aliphatic carbocycles. The molecule has 6 heteroatoms. The average molecular weight is 331 g/mol. The second-order valence-electron chi connectivity index (χ2n) is 5.91. The molecule has 0 radical (unpaired) electrons. The fourth-order valence-electron chi connectivity index (χ4n) is 2.80. The van der Waals surface area contributed by atoms with Gasteiger partial charge in [0.05, 0.1) is 6.04 Å². The number of fused-ring (bicyclic) bond motifs is 1. The smallest absolute Gasteiger partial charge is 0.152 e. The van der Waals surface area contributed by atoms with Crippen molar-refractivity contribution in [2.45, 2.75) is 25.8 Å². The Morgan fingerprint density at radius 2 is 2.09 bits per heavy atom. The molecule has 4 rings (SSSR count). The summed E-state index contributed by atoms with van der Waals surface area (Å²) in [4.78, 5) is 9.67. The van der Waals surface area contributed by atoms with Crippen LogP contribution in [-0.4, -0.2) is 9.97 Å². The van der Waals surface area contributed by atoms with Gasteiger partial charge < -0.3 is 5.32 Å². The van der Waals surface area contributed by atoms with Gasteiger partial charge in [0.25, 0.3) is 0 Å². The summed E-state index contributed by atoms with van der Waals surface area (Å²) in [6, 6.07) is 4.02. The number of aryl methyl sites for hydroxylation is 1. The monoisotopic (exact) mass is 331 g/mol. The maximum Gasteiger partial charge on any atom is 0.152 e. The Hall–Kier alpha value is -2.08. The van der Waals surface area contributed by atoms with Crippen LogP contribution in [0.15, 0.2) is 30.6 Å². The van der Waals surface area contributed by atoms with E-state index >= 15 is 0 Å². The summed E-state index contributed by atoms with van der Waals surface area (Å²) in [5.41, 5.74) is 0.874. The number of pyridine rings is 1. The minimum Gasteiger partial charge on any atom is -0.375 e. The van der Waals surface area contributed by atoms with E-state index < -0.39 is 11.6 Å². The van der Waals surface area contributed by atoms with Crippen molar-refractivity contribution in [3.05, 3.63) is 52.1 Å². The van der Waals surface area contributed by atoms with Crippen molar-refractivity contribution in [1.82, 2.24) is 9.97 Å². The van der Waals surface area contributed by atoms with Gasteiger partial charge in [0.15, 0.2) is 5.82 Å². The standard InChI is InChI=1S/C17H15F2N3S/c1-9-8-21-17(23-9)15(10-2-3-10)22-14-4-5-20-16-12(14)6-11(18)7-13(16)19/h4-8,10,15H,2-3H2,1H3,(H,20,22). The van der Waals surface area contributed by atoms with E-state index in [1.54, 1.807) is 23.6 Å². The number of thiazole rings is 1. The van der Waals surface area contributed by atoms with E-state index in [2.05, 4.69) is 15.3 Å². The molecule has 1 fully saturated rings. The molecule has 0 aliphatic heterocycles. The molecular weight excluding hydrogens is 316 g/mol. The Labute approximate surface area is 136 Å². The average Bonchev–Trinajstić information content (AvgIpc) is 3.26. The van der Waals surface area contributed by atoms with Gasteiger partial charge in [-0.2, -0.15) is 0 Å². The summed E-state index contributed by atoms with van der Waals surface area (Å²) < 4.78 is 27.5. The Balaban J connectivity index is 1.76. The number of halogens is 2. The predicted octanol–water partition coefficient (Wildman–Crippen LogP) is 4.84. The molecule has 2 aromatic heterocycles. The number of anilines is 1. The van der Waals surface area contributed by atoms with Crippen LogP contribution in [0.1, 0.15) is 28.8 Å². The van der Waals surface area contributed by atoms with E-state index in [1.807, 2.05) is 13.1 Å². The lowest BCUT2D eigenvalue weighted by molar-refractivity contribution is 0.590. The van der Waals surface area contributed by atoms with Crippen LogP contribution in [0.2, 0.25) is 0 Å². The van der Waals surface area contributed by atoms with E-state index in [-0.39, 0.29) is 11.6 Å². The molecule has 3 nitrogen and oxygen atoms in total. The van der Waals surface area contributed by atoms with Gasteiger partial charge in [-0.1, -0.05) is 0 Å². The number of nitrogens with one attached hydrogen (secondary N) is 1. The third-order valence-electron chi connectivity index (χ3n) is 4.07. The number of rotatable bonds is 4. The SMILES string of the molecule is Cc1cnc(C(Nc2ccnc3c(F)cc(F)cc23)C2CC2)s1. The summed E-state index contributed by atoms with van der Waals surface area (Å²) in [6.07, 6.45) is 5.69. The molecular formula is C17H15F2N3S. The highest BCUT2D eigenvalue weighted by Gasteiger charge is 2.34. The molecule has 1 unspecified atom stereocenters. The van der Waals surface area contributed by atoms with Crippen LogP contribution in [0.25, 0.3) is 10.9 Å². The quantitative estimate of drug-likeness (QED) is 0.743. The summed E-state index contributed by atoms with van der Waals surface area (Å²) in [6.45, 7) is 2.03. The van der Waals surface area contributed by atoms with Gasteiger partial charge in [0.2, 0.25) is 0 Å². The van der Waals surface area contributed by atoms with Crippen LogP contribution in [0.3, 0.4) is 0 Å². The third-order valence-corrected chi connectivity index (χ3v) is 5.07. The van der Waals surface area contributed by atoms with Crippen LogP contribution in [0.5, 0.6) is 0 Å². The first-order valence-corrected chi connectivity index (χ1v) is 8.36. The molecule has 23 heavy (non-hydrogen) atoms. The summed E-state index contributed by atoms with van der Waals surface area (Å²) in [7, 11) is 0. The first kappa shape index (κ1) is 14.5. The fourth-order valence-corrected chi connectivity index (χ4v) is 3.72. The van der Waals surface area contributed by atoms with Crippen molar-refractivity contribution in [1.29, 1.82) is 0 Å². The molecule has 1 aliphatic rings. The topological polar surface area (TPSA) is 37.8 Å². The summed E-state index contributed by atoms with van der Waals surface area (Å²) in [5, 5.41) is 4.92. The Bertz CT molecular complexity index is 873. The summed E-state index contributed by atoms with van der Waals surface area (Å²) >= 11 is 1.66. The van der Waals surface area contributed by atoms with E-state index in [0.29, 0.717) is 17.0 Å². The molecule has 1 N–H and O–H groups in total. The van der Waals surface area contributed by atoms with Crippen LogP contribution in [0.4, 0.5) is 14.5 Å². The van der Waals surface area contributed by atoms with Gasteiger partial charge in [0.1, 0.15) is 16.3 Å². The fraction of sp³-hybridized carbons (Fsp3) is 0.294. The molecule has 1 atom stereocenters. The zero-order valence-corrected chi connectivity index (χ0v) is 13.3. The number of hydrogen-bond donors (Lipinski definition) is 1. The lowest BCUT2D eigenvalue weighted by Crippen LogP contribution is -2.13. The number of hydrogen-bond acceptors (Lipinski definition) is 4. The Morgan fingerprint density at radius 1 is 1.26 bits per heavy atom. The van der Waals surface area contributed by atoms with E-state index in [4.69, 9.17) is 0 Å². The number of benzene rings is 1. The molecule has 3 aromatic rings. The minimum absolute atomic E-state index is 0.0747. The van der Waals surface area contributed by atoms with Crippen molar-refractivity contribution in [3.63, 3.8) is 0 Å². The van der Waals surface area contributed by atoms with Gasteiger partial charge in [-0.25, -0.2) is 13.8 Å². The zero-order valence-electron chi connectivity index (χ0n) is 12.5. The molecule has 1 aromatic carbocycles. The van der Waals surface area contributed by atoms with Crippen molar-refractivity contribution >= 4 is 27.9 Å². The second-order valence-corrected chi connectivity index (χ2v) is 7.18. The zero-order chi connectivity index (χ0) is 16.0. The van der Waals surface area contributed by atoms with Gasteiger partial charge in [-0.3, -0.25) is 4.98 Å². The van der Waals surface area contributed by atoms with Crippen molar-refractivity contribution in [3.8, 4) is 0 Å². The molecule has 0 saturated heterocycles. The predicted molar refractivity (Wildman–Crippen MR) is 87.6 cm³/mol. The van der Waals surface area contributed by atoms with Crippen LogP contribution in [0, 0.1) is 24.5 Å². The minimum atomic E-state index is -0.642. The number of nitrogens with zero attached hydrogens (tertiary/aromatic N) is 2. The van der Waals surface area contributed by atoms with Crippen molar-refractivity contribution in [2.24, 2.45) is 5.92 Å². The first-order chi connectivity index (χ1) is 11.1. The molecule has 118 valence electrons. The van der Waals surface area contributed by atoms with Gasteiger partial charge in [-0.15, -0.1) is 11.3 Å². The highest BCUT2D eigenvalue weighted by Crippen LogP contribution is 2.44. The highest BCUT2D eigenvalue weighted by molar-refractivity contribution is 7.11. The van der Waals surface area contributed by atoms with Crippen LogP contribution < -0.4 is 5.32 Å². The van der Waals surface area contributed by atoms with Gasteiger partial charge in [0, 0.05) is 34.4 Å². The van der Waals surface area contributed by atoms with Crippen LogP contribution in [-0.2, 0) is 0 Å². The Kier molecular flexibility index (Phi) is 3.49. The first-order valence-electron chi connectivity index (χ1n) is 7.54. The lowest BCUT2D eigenvalue weighted by atomic mass is 10.1.